The summed E-state index contributed by atoms with van der Waals surface area (Å²) in [7, 11) is -5.89. The largest absolute Gasteiger partial charge is 0.422 e. The first-order valence-corrected chi connectivity index (χ1v) is 11.1. The molecule has 2 N–H and O–H groups in total. The maximum atomic E-state index is 13.5. The SMILES string of the molecule is O=C(Oc1cc(I)ccc1C(=O)NC(CS(=O)(=O)O)(C(F)(F)F)C(F)(F)F)c1ccccc1. The molecule has 0 spiro atoms. The molecule has 0 saturated heterocycles. The van der Waals surface area contributed by atoms with E-state index >= 15 is 0 Å². The molecule has 0 radical (unpaired) electrons. The fraction of sp³-hybridized carbons (Fsp3) is 0.222. The molecule has 180 valence electrons. The lowest BCUT2D eigenvalue weighted by Crippen LogP contribution is -2.70. The van der Waals surface area contributed by atoms with Crippen LogP contribution in [-0.2, 0) is 10.1 Å². The molecule has 0 bridgehead atoms. The average Bonchev–Trinajstić information content (AvgIpc) is 2.65. The summed E-state index contributed by atoms with van der Waals surface area (Å²) in [6, 6.07) is 9.99. The molecule has 0 heterocycles. The number of esters is 1. The average molecular weight is 611 g/mol. The molecule has 0 atom stereocenters. The fourth-order valence-corrected chi connectivity index (χ4v) is 3.95. The van der Waals surface area contributed by atoms with E-state index in [-0.39, 0.29) is 5.56 Å². The van der Waals surface area contributed by atoms with Crippen molar-refractivity contribution in [2.24, 2.45) is 0 Å². The molecule has 2 aromatic rings. The summed E-state index contributed by atoms with van der Waals surface area (Å²) in [6.07, 6.45) is -12.8. The molecule has 2 rings (SSSR count). The summed E-state index contributed by atoms with van der Waals surface area (Å²) >= 11 is 1.68. The van der Waals surface area contributed by atoms with Crippen LogP contribution in [-0.4, -0.2) is 48.5 Å². The summed E-state index contributed by atoms with van der Waals surface area (Å²) in [4.78, 5) is 24.8. The van der Waals surface area contributed by atoms with Gasteiger partial charge in [0.05, 0.1) is 11.1 Å². The Morgan fingerprint density at radius 2 is 1.52 bits per heavy atom. The van der Waals surface area contributed by atoms with Crippen LogP contribution in [0.5, 0.6) is 5.75 Å². The third-order valence-corrected chi connectivity index (χ3v) is 5.56. The van der Waals surface area contributed by atoms with Gasteiger partial charge in [0.25, 0.3) is 16.0 Å². The van der Waals surface area contributed by atoms with Gasteiger partial charge in [0.1, 0.15) is 11.5 Å². The number of benzene rings is 2. The Morgan fingerprint density at radius 1 is 0.970 bits per heavy atom. The van der Waals surface area contributed by atoms with Gasteiger partial charge in [-0.3, -0.25) is 9.35 Å². The first kappa shape index (κ1) is 26.8. The number of carbonyl (C=O) groups excluding carboxylic acids is 2. The third kappa shape index (κ3) is 6.35. The minimum absolute atomic E-state index is 0.0333. The van der Waals surface area contributed by atoms with Crippen LogP contribution < -0.4 is 10.1 Å². The summed E-state index contributed by atoms with van der Waals surface area (Å²) in [5.41, 5.74) is -6.31. The number of hydrogen-bond donors (Lipinski definition) is 2. The van der Waals surface area contributed by atoms with E-state index in [1.54, 1.807) is 28.7 Å². The fourth-order valence-electron chi connectivity index (χ4n) is 2.54. The Hall–Kier alpha value is -2.40. The molecule has 0 aliphatic carbocycles. The van der Waals surface area contributed by atoms with Crippen molar-refractivity contribution in [1.29, 1.82) is 0 Å². The minimum atomic E-state index is -6.39. The highest BCUT2D eigenvalue weighted by atomic mass is 127. The van der Waals surface area contributed by atoms with Gasteiger partial charge in [0, 0.05) is 3.57 Å². The summed E-state index contributed by atoms with van der Waals surface area (Å²) in [5.74, 6) is -6.73. The quantitative estimate of drug-likeness (QED) is 0.168. The van der Waals surface area contributed by atoms with E-state index in [0.29, 0.717) is 8.89 Å². The number of ether oxygens (including phenoxy) is 1. The number of halogens is 7. The van der Waals surface area contributed by atoms with E-state index in [1.807, 2.05) is 0 Å². The third-order valence-electron chi connectivity index (χ3n) is 4.09. The first-order chi connectivity index (χ1) is 15.0. The molecule has 0 aliphatic heterocycles. The monoisotopic (exact) mass is 611 g/mol. The summed E-state index contributed by atoms with van der Waals surface area (Å²) in [5, 5.41) is 0.634. The Kier molecular flexibility index (Phi) is 7.69. The Balaban J connectivity index is 2.54. The van der Waals surface area contributed by atoms with Crippen LogP contribution in [0.1, 0.15) is 20.7 Å². The van der Waals surface area contributed by atoms with Crippen LogP contribution in [0.3, 0.4) is 0 Å². The summed E-state index contributed by atoms with van der Waals surface area (Å²) < 4.78 is 117. The standard InChI is InChI=1S/C18H12F6INO6S/c19-17(20,21)16(18(22,23)24,9-33(29,30)31)26-14(27)12-7-6-11(25)8-13(12)32-15(28)10-4-2-1-3-5-10/h1-8H,9H2,(H,26,27)(H,29,30,31). The van der Waals surface area contributed by atoms with Gasteiger partial charge in [0.2, 0.25) is 5.54 Å². The lowest BCUT2D eigenvalue weighted by Gasteiger charge is -2.36. The Bertz CT molecular complexity index is 1140. The maximum absolute atomic E-state index is 13.5. The molecule has 2 aromatic carbocycles. The molecule has 0 aromatic heterocycles. The van der Waals surface area contributed by atoms with Crippen LogP contribution in [0.25, 0.3) is 0 Å². The van der Waals surface area contributed by atoms with Gasteiger partial charge in [-0.2, -0.15) is 34.8 Å². The molecular formula is C18H12F6INO6S. The number of hydrogen-bond acceptors (Lipinski definition) is 5. The van der Waals surface area contributed by atoms with E-state index in [0.717, 1.165) is 18.2 Å². The van der Waals surface area contributed by atoms with Gasteiger partial charge in [-0.25, -0.2) is 4.79 Å². The minimum Gasteiger partial charge on any atom is -0.422 e. The van der Waals surface area contributed by atoms with Crippen molar-refractivity contribution in [3.05, 3.63) is 63.2 Å². The van der Waals surface area contributed by atoms with Crippen molar-refractivity contribution in [2.45, 2.75) is 17.9 Å². The second-order valence-electron chi connectivity index (χ2n) is 6.48. The number of amides is 1. The molecule has 0 unspecified atom stereocenters. The normalized spacial score (nSPS) is 12.8. The summed E-state index contributed by atoms with van der Waals surface area (Å²) in [6.45, 7) is 0. The van der Waals surface area contributed by atoms with E-state index < -0.39 is 57.0 Å². The second kappa shape index (κ2) is 9.46. The second-order valence-corrected chi connectivity index (χ2v) is 9.18. The zero-order valence-corrected chi connectivity index (χ0v) is 18.8. The molecule has 0 fully saturated rings. The van der Waals surface area contributed by atoms with E-state index in [9.17, 15) is 44.3 Å². The molecule has 1 amide bonds. The van der Waals surface area contributed by atoms with E-state index in [1.165, 1.54) is 24.3 Å². The zero-order valence-electron chi connectivity index (χ0n) is 15.9. The maximum Gasteiger partial charge on any atom is 0.421 e. The van der Waals surface area contributed by atoms with E-state index in [2.05, 4.69) is 0 Å². The number of carbonyl (C=O) groups is 2. The van der Waals surface area contributed by atoms with Gasteiger partial charge in [0.15, 0.2) is 0 Å². The van der Waals surface area contributed by atoms with Crippen LogP contribution in [0.15, 0.2) is 48.5 Å². The topological polar surface area (TPSA) is 110 Å². The lowest BCUT2D eigenvalue weighted by atomic mass is 9.99. The highest BCUT2D eigenvalue weighted by molar-refractivity contribution is 14.1. The highest BCUT2D eigenvalue weighted by Crippen LogP contribution is 2.44. The smallest absolute Gasteiger partial charge is 0.421 e. The van der Waals surface area contributed by atoms with Crippen molar-refractivity contribution >= 4 is 44.6 Å². The molecule has 7 nitrogen and oxygen atoms in total. The predicted molar refractivity (Wildman–Crippen MR) is 109 cm³/mol. The molecule has 0 aliphatic rings. The lowest BCUT2D eigenvalue weighted by molar-refractivity contribution is -0.296. The van der Waals surface area contributed by atoms with Crippen molar-refractivity contribution in [1.82, 2.24) is 5.32 Å². The number of rotatable bonds is 6. The van der Waals surface area contributed by atoms with Gasteiger partial charge < -0.3 is 10.1 Å². The van der Waals surface area contributed by atoms with Crippen LogP contribution in [0.4, 0.5) is 26.3 Å². The van der Waals surface area contributed by atoms with Gasteiger partial charge in [-0.15, -0.1) is 0 Å². The molecule has 33 heavy (non-hydrogen) atoms. The predicted octanol–water partition coefficient (Wildman–Crippen LogP) is 3.99. The van der Waals surface area contributed by atoms with Crippen LogP contribution in [0, 0.1) is 3.57 Å². The first-order valence-electron chi connectivity index (χ1n) is 8.45. The Morgan fingerprint density at radius 3 is 2.00 bits per heavy atom. The van der Waals surface area contributed by atoms with Crippen LogP contribution >= 0.6 is 22.6 Å². The van der Waals surface area contributed by atoms with Crippen molar-refractivity contribution < 1.29 is 53.6 Å². The van der Waals surface area contributed by atoms with Gasteiger partial charge in [-0.1, -0.05) is 18.2 Å². The van der Waals surface area contributed by atoms with Gasteiger partial charge >= 0.3 is 18.3 Å². The highest BCUT2D eigenvalue weighted by Gasteiger charge is 2.73. The Labute approximate surface area is 196 Å². The van der Waals surface area contributed by atoms with Gasteiger partial charge in [-0.05, 0) is 52.9 Å². The van der Waals surface area contributed by atoms with E-state index in [4.69, 9.17) is 9.29 Å². The number of nitrogens with one attached hydrogen (secondary N) is 1. The molecular weight excluding hydrogens is 599 g/mol. The molecule has 0 saturated carbocycles. The number of alkyl halides is 6. The van der Waals surface area contributed by atoms with Crippen LogP contribution in [0.2, 0.25) is 0 Å². The van der Waals surface area contributed by atoms with Crippen molar-refractivity contribution in [2.75, 3.05) is 5.75 Å². The molecule has 15 heteroatoms. The zero-order chi connectivity index (χ0) is 25.2. The van der Waals surface area contributed by atoms with Crippen molar-refractivity contribution in [3.63, 3.8) is 0 Å². The van der Waals surface area contributed by atoms with Crippen molar-refractivity contribution in [3.8, 4) is 5.75 Å².